The molecule has 0 aromatic heterocycles. The summed E-state index contributed by atoms with van der Waals surface area (Å²) in [4.78, 5) is 12.3. The molecule has 1 aromatic carbocycles. The van der Waals surface area contributed by atoms with E-state index in [9.17, 15) is 4.79 Å². The van der Waals surface area contributed by atoms with Gasteiger partial charge in [0.25, 0.3) is 5.91 Å². The van der Waals surface area contributed by atoms with Gasteiger partial charge < -0.3 is 20.1 Å². The van der Waals surface area contributed by atoms with Crippen LogP contribution in [0.4, 0.5) is 5.69 Å². The molecular formula is C15H24N2O3. The van der Waals surface area contributed by atoms with Gasteiger partial charge in [-0.2, -0.15) is 0 Å². The largest absolute Gasteiger partial charge is 0.385 e. The van der Waals surface area contributed by atoms with Crippen LogP contribution in [-0.4, -0.2) is 45.9 Å². The lowest BCUT2D eigenvalue weighted by Crippen LogP contribution is -2.35. The van der Waals surface area contributed by atoms with E-state index in [0.29, 0.717) is 18.7 Å². The van der Waals surface area contributed by atoms with Gasteiger partial charge >= 0.3 is 0 Å². The Morgan fingerprint density at radius 1 is 1.35 bits per heavy atom. The Bertz CT molecular complexity index is 435. The van der Waals surface area contributed by atoms with Crippen LogP contribution < -0.4 is 10.6 Å². The first-order chi connectivity index (χ1) is 9.62. The molecule has 0 aliphatic rings. The first-order valence-electron chi connectivity index (χ1n) is 6.76. The second-order valence-corrected chi connectivity index (χ2v) is 4.60. The van der Waals surface area contributed by atoms with Gasteiger partial charge in [-0.05, 0) is 26.0 Å². The lowest BCUT2D eigenvalue weighted by atomic mass is 10.1. The predicted molar refractivity (Wildman–Crippen MR) is 80.3 cm³/mol. The lowest BCUT2D eigenvalue weighted by Gasteiger charge is -2.16. The van der Waals surface area contributed by atoms with E-state index in [1.165, 1.54) is 0 Å². The summed E-state index contributed by atoms with van der Waals surface area (Å²) in [5.41, 5.74) is 2.55. The summed E-state index contributed by atoms with van der Waals surface area (Å²) < 4.78 is 10.2. The van der Waals surface area contributed by atoms with E-state index in [1.807, 2.05) is 32.0 Å². The van der Waals surface area contributed by atoms with Gasteiger partial charge in [0.2, 0.25) is 0 Å². The molecule has 0 heterocycles. The van der Waals surface area contributed by atoms with Crippen LogP contribution in [0, 0.1) is 6.92 Å². The van der Waals surface area contributed by atoms with Gasteiger partial charge in [0.1, 0.15) is 0 Å². The molecule has 0 aliphatic heterocycles. The smallest absolute Gasteiger partial charge is 0.253 e. The van der Waals surface area contributed by atoms with Gasteiger partial charge in [-0.3, -0.25) is 4.79 Å². The van der Waals surface area contributed by atoms with Crippen molar-refractivity contribution in [1.82, 2.24) is 5.32 Å². The van der Waals surface area contributed by atoms with Crippen LogP contribution in [0.3, 0.4) is 0 Å². The van der Waals surface area contributed by atoms with Gasteiger partial charge in [-0.15, -0.1) is 0 Å². The molecule has 0 saturated heterocycles. The lowest BCUT2D eigenvalue weighted by molar-refractivity contribution is 0.0285. The Balaban J connectivity index is 2.73. The number of carbonyl (C=O) groups excluding carboxylic acids is 1. The third kappa shape index (κ3) is 4.83. The standard InChI is InChI=1S/C15H24N2O3/c1-5-16-14-7-6-11(2)8-13(14)15(18)17-9-12(20-4)10-19-3/h6-8,12,16H,5,9-10H2,1-4H3,(H,17,18). The fourth-order valence-corrected chi connectivity index (χ4v) is 1.89. The van der Waals surface area contributed by atoms with Crippen molar-refractivity contribution in [3.05, 3.63) is 29.3 Å². The molecule has 1 amide bonds. The maximum absolute atomic E-state index is 12.3. The summed E-state index contributed by atoms with van der Waals surface area (Å²) in [5.74, 6) is -0.109. The number of hydrogen-bond donors (Lipinski definition) is 2. The molecule has 1 unspecified atom stereocenters. The van der Waals surface area contributed by atoms with E-state index < -0.39 is 0 Å². The van der Waals surface area contributed by atoms with E-state index in [4.69, 9.17) is 9.47 Å². The third-order valence-electron chi connectivity index (χ3n) is 2.96. The van der Waals surface area contributed by atoms with Crippen LogP contribution in [0.15, 0.2) is 18.2 Å². The van der Waals surface area contributed by atoms with Crippen molar-refractivity contribution in [1.29, 1.82) is 0 Å². The maximum atomic E-state index is 12.3. The highest BCUT2D eigenvalue weighted by molar-refractivity contribution is 5.99. The van der Waals surface area contributed by atoms with Crippen LogP contribution in [0.25, 0.3) is 0 Å². The van der Waals surface area contributed by atoms with E-state index in [2.05, 4.69) is 10.6 Å². The Kier molecular flexibility index (Phi) is 7.04. The SMILES string of the molecule is CCNc1ccc(C)cc1C(=O)NCC(COC)OC. The molecule has 0 fully saturated rings. The molecule has 5 nitrogen and oxygen atoms in total. The number of ether oxygens (including phenoxy) is 2. The number of hydrogen-bond acceptors (Lipinski definition) is 4. The summed E-state index contributed by atoms with van der Waals surface area (Å²) in [6, 6.07) is 5.79. The first kappa shape index (κ1) is 16.5. The van der Waals surface area contributed by atoms with Crippen molar-refractivity contribution in [3.63, 3.8) is 0 Å². The average molecular weight is 280 g/mol. The molecule has 0 saturated carbocycles. The number of amides is 1. The van der Waals surface area contributed by atoms with Crippen molar-refractivity contribution in [3.8, 4) is 0 Å². The molecule has 2 N–H and O–H groups in total. The van der Waals surface area contributed by atoms with Gasteiger partial charge in [0.15, 0.2) is 0 Å². The van der Waals surface area contributed by atoms with E-state index in [-0.39, 0.29) is 12.0 Å². The second kappa shape index (κ2) is 8.55. The van der Waals surface area contributed by atoms with Gasteiger partial charge in [-0.1, -0.05) is 11.6 Å². The van der Waals surface area contributed by atoms with Crippen molar-refractivity contribution in [2.45, 2.75) is 20.0 Å². The molecule has 5 heteroatoms. The summed E-state index contributed by atoms with van der Waals surface area (Å²) in [6.45, 7) is 5.61. The third-order valence-corrected chi connectivity index (χ3v) is 2.96. The van der Waals surface area contributed by atoms with E-state index in [1.54, 1.807) is 14.2 Å². The first-order valence-corrected chi connectivity index (χ1v) is 6.76. The molecular weight excluding hydrogens is 256 g/mol. The molecule has 0 aliphatic carbocycles. The number of rotatable bonds is 8. The van der Waals surface area contributed by atoms with Gasteiger partial charge in [-0.25, -0.2) is 0 Å². The Morgan fingerprint density at radius 2 is 2.10 bits per heavy atom. The minimum absolute atomic E-state index is 0.109. The Labute approximate surface area is 120 Å². The highest BCUT2D eigenvalue weighted by atomic mass is 16.5. The summed E-state index contributed by atoms with van der Waals surface area (Å²) in [5, 5.41) is 6.07. The number of anilines is 1. The molecule has 20 heavy (non-hydrogen) atoms. The van der Waals surface area contributed by atoms with Gasteiger partial charge in [0.05, 0.1) is 18.3 Å². The van der Waals surface area contributed by atoms with Crippen molar-refractivity contribution >= 4 is 11.6 Å². The summed E-state index contributed by atoms with van der Waals surface area (Å²) in [6.07, 6.45) is -0.142. The quantitative estimate of drug-likeness (QED) is 0.762. The number of aryl methyl sites for hydroxylation is 1. The molecule has 0 bridgehead atoms. The summed E-state index contributed by atoms with van der Waals surface area (Å²) in [7, 11) is 3.21. The fourth-order valence-electron chi connectivity index (χ4n) is 1.89. The molecule has 0 spiro atoms. The van der Waals surface area contributed by atoms with Crippen molar-refractivity contribution in [2.75, 3.05) is 39.2 Å². The molecule has 1 aromatic rings. The Morgan fingerprint density at radius 3 is 2.70 bits per heavy atom. The zero-order valence-corrected chi connectivity index (χ0v) is 12.7. The highest BCUT2D eigenvalue weighted by Crippen LogP contribution is 2.17. The van der Waals surface area contributed by atoms with Gasteiger partial charge in [0, 0.05) is 33.0 Å². The number of methoxy groups -OCH3 is 2. The van der Waals surface area contributed by atoms with E-state index in [0.717, 1.165) is 17.8 Å². The molecule has 1 rings (SSSR count). The van der Waals surface area contributed by atoms with Crippen LogP contribution in [0.2, 0.25) is 0 Å². The monoisotopic (exact) mass is 280 g/mol. The summed E-state index contributed by atoms with van der Waals surface area (Å²) >= 11 is 0. The fraction of sp³-hybridized carbons (Fsp3) is 0.533. The van der Waals surface area contributed by atoms with Crippen LogP contribution in [0.5, 0.6) is 0 Å². The highest BCUT2D eigenvalue weighted by Gasteiger charge is 2.14. The minimum atomic E-state index is -0.142. The molecule has 112 valence electrons. The number of carbonyl (C=O) groups is 1. The second-order valence-electron chi connectivity index (χ2n) is 4.60. The van der Waals surface area contributed by atoms with Crippen molar-refractivity contribution < 1.29 is 14.3 Å². The Hall–Kier alpha value is -1.59. The number of nitrogens with one attached hydrogen (secondary N) is 2. The maximum Gasteiger partial charge on any atom is 0.253 e. The van der Waals surface area contributed by atoms with Crippen LogP contribution >= 0.6 is 0 Å². The zero-order valence-electron chi connectivity index (χ0n) is 12.7. The minimum Gasteiger partial charge on any atom is -0.385 e. The topological polar surface area (TPSA) is 59.6 Å². The van der Waals surface area contributed by atoms with Crippen LogP contribution in [-0.2, 0) is 9.47 Å². The van der Waals surface area contributed by atoms with Crippen molar-refractivity contribution in [2.24, 2.45) is 0 Å². The zero-order chi connectivity index (χ0) is 15.0. The van der Waals surface area contributed by atoms with Crippen LogP contribution in [0.1, 0.15) is 22.8 Å². The normalized spacial score (nSPS) is 12.0. The number of benzene rings is 1. The predicted octanol–water partition coefficient (Wildman–Crippen LogP) is 1.82. The molecule has 1 atom stereocenters. The average Bonchev–Trinajstić information content (AvgIpc) is 2.45. The van der Waals surface area contributed by atoms with E-state index >= 15 is 0 Å². The molecule has 0 radical (unpaired) electrons.